The number of fused-ring (bicyclic) bond motifs is 1. The molecule has 6 nitrogen and oxygen atoms in total. The average molecular weight is 317 g/mol. The molecule has 0 aliphatic carbocycles. The number of hydrogen-bond donors (Lipinski definition) is 2. The zero-order valence-electron chi connectivity index (χ0n) is 11.8. The third-order valence-corrected chi connectivity index (χ3v) is 3.50. The van der Waals surface area contributed by atoms with Crippen LogP contribution in [0.15, 0.2) is 36.7 Å². The normalized spacial score (nSPS) is 10.6. The van der Waals surface area contributed by atoms with Gasteiger partial charge in [-0.25, -0.2) is 4.98 Å². The average Bonchev–Trinajstić information content (AvgIpc) is 3.00. The summed E-state index contributed by atoms with van der Waals surface area (Å²) in [5, 5.41) is 10.7. The van der Waals surface area contributed by atoms with E-state index in [0.717, 1.165) is 10.9 Å². The Hall–Kier alpha value is -2.60. The third-order valence-electron chi connectivity index (χ3n) is 3.09. The Balaban J connectivity index is 1.91. The summed E-state index contributed by atoms with van der Waals surface area (Å²) in [5.41, 5.74) is 1.51. The molecule has 0 bridgehead atoms. The summed E-state index contributed by atoms with van der Waals surface area (Å²) in [5.74, 6) is 0.0526. The van der Waals surface area contributed by atoms with Gasteiger partial charge in [0.25, 0.3) is 5.91 Å². The number of halogens is 1. The fraction of sp³-hybridized carbons (Fsp3) is 0.133. The van der Waals surface area contributed by atoms with Crippen LogP contribution >= 0.6 is 11.6 Å². The van der Waals surface area contributed by atoms with Crippen LogP contribution in [0.25, 0.3) is 10.9 Å². The number of nitrogens with zero attached hydrogens (tertiary/aromatic N) is 2. The molecular formula is C15H13ClN4O2. The maximum atomic E-state index is 12.4. The Kier molecular flexibility index (Phi) is 3.93. The predicted octanol–water partition coefficient (Wildman–Crippen LogP) is 3.26. The number of rotatable bonds is 4. The van der Waals surface area contributed by atoms with E-state index in [1.165, 1.54) is 6.20 Å². The molecule has 0 spiro atoms. The minimum absolute atomic E-state index is 0.215. The lowest BCUT2D eigenvalue weighted by atomic mass is 10.2. The summed E-state index contributed by atoms with van der Waals surface area (Å²) in [6.07, 6.45) is 3.15. The molecule has 7 heteroatoms. The highest BCUT2D eigenvalue weighted by Gasteiger charge is 2.16. The molecule has 0 radical (unpaired) electrons. The number of carbonyl (C=O) groups excluding carboxylic acids is 1. The molecule has 22 heavy (non-hydrogen) atoms. The molecule has 0 atom stereocenters. The van der Waals surface area contributed by atoms with Crippen molar-refractivity contribution in [1.82, 2.24) is 15.2 Å². The first-order valence-electron chi connectivity index (χ1n) is 6.71. The summed E-state index contributed by atoms with van der Waals surface area (Å²) in [6.45, 7) is 2.30. The Morgan fingerprint density at radius 3 is 3.09 bits per heavy atom. The van der Waals surface area contributed by atoms with Crippen molar-refractivity contribution in [1.29, 1.82) is 0 Å². The highest BCUT2D eigenvalue weighted by molar-refractivity contribution is 6.38. The highest BCUT2D eigenvalue weighted by atomic mass is 35.5. The predicted molar refractivity (Wildman–Crippen MR) is 84.5 cm³/mol. The number of carbonyl (C=O) groups is 1. The van der Waals surface area contributed by atoms with E-state index in [1.807, 2.05) is 6.92 Å². The van der Waals surface area contributed by atoms with Gasteiger partial charge in [-0.1, -0.05) is 11.6 Å². The van der Waals surface area contributed by atoms with Gasteiger partial charge in [0.05, 0.1) is 29.0 Å². The molecule has 0 saturated carbocycles. The van der Waals surface area contributed by atoms with Crippen LogP contribution in [0.2, 0.25) is 5.02 Å². The van der Waals surface area contributed by atoms with Crippen molar-refractivity contribution in [3.05, 3.63) is 47.4 Å². The number of H-pyrrole nitrogens is 1. The lowest BCUT2D eigenvalue weighted by Crippen LogP contribution is -2.15. The lowest BCUT2D eigenvalue weighted by Gasteiger charge is -2.10. The van der Waals surface area contributed by atoms with Gasteiger partial charge in [0.1, 0.15) is 0 Å². The molecule has 112 valence electrons. The molecular weight excluding hydrogens is 304 g/mol. The van der Waals surface area contributed by atoms with E-state index in [4.69, 9.17) is 16.3 Å². The van der Waals surface area contributed by atoms with Crippen molar-refractivity contribution in [2.75, 3.05) is 11.9 Å². The largest absolute Gasteiger partial charge is 0.491 e. The highest BCUT2D eigenvalue weighted by Crippen LogP contribution is 2.30. The number of amides is 1. The lowest BCUT2D eigenvalue weighted by molar-refractivity contribution is 0.101. The molecule has 2 N–H and O–H groups in total. The van der Waals surface area contributed by atoms with Gasteiger partial charge in [-0.05, 0) is 31.2 Å². The Bertz CT molecular complexity index is 831. The van der Waals surface area contributed by atoms with Crippen molar-refractivity contribution in [3.63, 3.8) is 0 Å². The van der Waals surface area contributed by atoms with Crippen LogP contribution in [0.1, 0.15) is 17.4 Å². The fourth-order valence-electron chi connectivity index (χ4n) is 2.09. The Labute approximate surface area is 131 Å². The van der Waals surface area contributed by atoms with Crippen LogP contribution < -0.4 is 10.1 Å². The molecule has 3 aromatic rings. The van der Waals surface area contributed by atoms with Crippen LogP contribution in [0, 0.1) is 0 Å². The first kappa shape index (κ1) is 14.3. The van der Waals surface area contributed by atoms with Crippen LogP contribution in [-0.2, 0) is 0 Å². The first-order valence-corrected chi connectivity index (χ1v) is 7.09. The van der Waals surface area contributed by atoms with Gasteiger partial charge in [0, 0.05) is 11.6 Å². The van der Waals surface area contributed by atoms with Crippen LogP contribution in [0.5, 0.6) is 5.75 Å². The fourth-order valence-corrected chi connectivity index (χ4v) is 2.35. The van der Waals surface area contributed by atoms with E-state index in [0.29, 0.717) is 23.1 Å². The molecule has 0 fully saturated rings. The number of anilines is 1. The second-order valence-electron chi connectivity index (χ2n) is 4.50. The Morgan fingerprint density at radius 2 is 2.27 bits per heavy atom. The number of aromatic nitrogens is 3. The van der Waals surface area contributed by atoms with Gasteiger partial charge in [0.15, 0.2) is 11.4 Å². The smallest absolute Gasteiger partial charge is 0.278 e. The van der Waals surface area contributed by atoms with Gasteiger partial charge >= 0.3 is 0 Å². The van der Waals surface area contributed by atoms with Gasteiger partial charge < -0.3 is 10.1 Å². The molecule has 0 aliphatic heterocycles. The van der Waals surface area contributed by atoms with E-state index in [-0.39, 0.29) is 11.6 Å². The van der Waals surface area contributed by atoms with Gasteiger partial charge in [0.2, 0.25) is 0 Å². The van der Waals surface area contributed by atoms with Gasteiger partial charge in [-0.3, -0.25) is 9.89 Å². The van der Waals surface area contributed by atoms with E-state index < -0.39 is 0 Å². The van der Waals surface area contributed by atoms with Crippen LogP contribution in [-0.4, -0.2) is 27.7 Å². The van der Waals surface area contributed by atoms with Crippen molar-refractivity contribution in [2.45, 2.75) is 6.92 Å². The van der Waals surface area contributed by atoms with E-state index in [1.54, 1.807) is 30.5 Å². The van der Waals surface area contributed by atoms with Crippen molar-refractivity contribution < 1.29 is 9.53 Å². The van der Waals surface area contributed by atoms with Gasteiger partial charge in [-0.2, -0.15) is 5.10 Å². The Morgan fingerprint density at radius 1 is 1.41 bits per heavy atom. The van der Waals surface area contributed by atoms with Crippen LogP contribution in [0.3, 0.4) is 0 Å². The molecule has 1 amide bonds. The number of benzene rings is 1. The topological polar surface area (TPSA) is 79.9 Å². The molecule has 3 rings (SSSR count). The quantitative estimate of drug-likeness (QED) is 0.774. The van der Waals surface area contributed by atoms with Crippen molar-refractivity contribution in [3.8, 4) is 5.75 Å². The van der Waals surface area contributed by atoms with E-state index in [9.17, 15) is 4.79 Å². The summed E-state index contributed by atoms with van der Waals surface area (Å²) < 4.78 is 5.41. The maximum absolute atomic E-state index is 12.4. The number of nitrogens with one attached hydrogen (secondary N) is 2. The third kappa shape index (κ3) is 2.60. The molecule has 2 aromatic heterocycles. The summed E-state index contributed by atoms with van der Waals surface area (Å²) in [7, 11) is 0. The van der Waals surface area contributed by atoms with E-state index >= 15 is 0 Å². The molecule has 0 unspecified atom stereocenters. The minimum atomic E-state index is -0.381. The number of ether oxygens (including phenoxy) is 1. The van der Waals surface area contributed by atoms with Crippen molar-refractivity contribution in [2.24, 2.45) is 0 Å². The zero-order valence-corrected chi connectivity index (χ0v) is 12.5. The second kappa shape index (κ2) is 6.03. The molecule has 0 aliphatic rings. The van der Waals surface area contributed by atoms with Crippen LogP contribution in [0.4, 0.5) is 5.69 Å². The number of pyridine rings is 1. The summed E-state index contributed by atoms with van der Waals surface area (Å²) in [4.78, 5) is 16.5. The summed E-state index contributed by atoms with van der Waals surface area (Å²) in [6, 6.07) is 6.92. The monoisotopic (exact) mass is 316 g/mol. The minimum Gasteiger partial charge on any atom is -0.491 e. The first-order chi connectivity index (χ1) is 10.7. The number of hydrogen-bond acceptors (Lipinski definition) is 4. The van der Waals surface area contributed by atoms with Crippen molar-refractivity contribution >= 4 is 34.1 Å². The SMILES string of the molecule is CCOc1cccnc1C(=O)Nc1ccc2[nH]ncc2c1Cl. The van der Waals surface area contributed by atoms with E-state index in [2.05, 4.69) is 20.5 Å². The number of aromatic amines is 1. The molecule has 2 heterocycles. The standard InChI is InChI=1S/C15H13ClN4O2/c1-2-22-12-4-3-7-17-14(12)15(21)19-11-6-5-10-9(13(11)16)8-18-20-10/h3-8H,2H2,1H3,(H,18,20)(H,19,21). The second-order valence-corrected chi connectivity index (χ2v) is 4.87. The molecule has 1 aromatic carbocycles. The zero-order chi connectivity index (χ0) is 15.5. The summed E-state index contributed by atoms with van der Waals surface area (Å²) >= 11 is 6.29. The van der Waals surface area contributed by atoms with Gasteiger partial charge in [-0.15, -0.1) is 0 Å². The maximum Gasteiger partial charge on any atom is 0.278 e. The molecule has 0 saturated heterocycles.